The first kappa shape index (κ1) is 44.0. The van der Waals surface area contributed by atoms with Crippen LogP contribution in [0.15, 0.2) is 36.0 Å². The van der Waals surface area contributed by atoms with Gasteiger partial charge in [0.1, 0.15) is 12.2 Å². The molecule has 0 aromatic heterocycles. The van der Waals surface area contributed by atoms with Gasteiger partial charge in [-0.1, -0.05) is 129 Å². The topological polar surface area (TPSA) is 105 Å². The van der Waals surface area contributed by atoms with Crippen molar-refractivity contribution in [3.8, 4) is 0 Å². The second kappa shape index (κ2) is 19.7. The summed E-state index contributed by atoms with van der Waals surface area (Å²) in [5.74, 6) is -1.75. The van der Waals surface area contributed by atoms with Crippen molar-refractivity contribution in [1.29, 1.82) is 0 Å². The zero-order valence-electron chi connectivity index (χ0n) is 36.0. The van der Waals surface area contributed by atoms with Gasteiger partial charge in [0, 0.05) is 29.1 Å². The van der Waals surface area contributed by atoms with Crippen LogP contribution in [0.25, 0.3) is 0 Å². The fourth-order valence-corrected chi connectivity index (χ4v) is 12.0. The van der Waals surface area contributed by atoms with Crippen molar-refractivity contribution in [3.63, 3.8) is 0 Å². The molecule has 1 saturated heterocycles. The molecule has 0 unspecified atom stereocenters. The van der Waals surface area contributed by atoms with E-state index in [0.717, 1.165) is 69.8 Å². The maximum atomic E-state index is 14.6. The van der Waals surface area contributed by atoms with E-state index in [1.54, 1.807) is 26.0 Å². The summed E-state index contributed by atoms with van der Waals surface area (Å²) in [5.41, 5.74) is -1.67. The van der Waals surface area contributed by atoms with Crippen molar-refractivity contribution < 1.29 is 38.1 Å². The molecule has 0 bridgehead atoms. The Bertz CT molecular complexity index is 1500. The number of allylic oxidation sites excluding steroid dienone is 6. The lowest BCUT2D eigenvalue weighted by Gasteiger charge is -2.60. The van der Waals surface area contributed by atoms with Crippen LogP contribution in [0.5, 0.6) is 0 Å². The minimum atomic E-state index is -1.49. The van der Waals surface area contributed by atoms with Crippen LogP contribution >= 0.6 is 0 Å². The predicted octanol–water partition coefficient (Wildman–Crippen LogP) is 11.2. The largest absolute Gasteiger partial charge is 0.462 e. The smallest absolute Gasteiger partial charge is 0.349 e. The van der Waals surface area contributed by atoms with Crippen molar-refractivity contribution in [3.05, 3.63) is 36.0 Å². The van der Waals surface area contributed by atoms with E-state index in [1.807, 2.05) is 6.08 Å². The summed E-state index contributed by atoms with van der Waals surface area (Å²) in [6.45, 7) is 10.0. The van der Waals surface area contributed by atoms with E-state index in [4.69, 9.17) is 18.9 Å². The first-order chi connectivity index (χ1) is 27.4. The Balaban J connectivity index is 1.14. The highest BCUT2D eigenvalue weighted by Crippen LogP contribution is 2.70. The SMILES string of the molecule is CCCCCCCCCCC/C=C/CCCCC(=O)O[C@H]1C[C@@]2(C)[C@@H](C[C@H]3O[C@@H](C4CCCCC4)O[C@]32C(=O)OC(=O)C(C)C)[C@@H]2CCC3=CC(=O)C=C[C@]3(C)[C@H]21. The molecule has 57 heavy (non-hydrogen) atoms. The van der Waals surface area contributed by atoms with Crippen molar-refractivity contribution in [2.24, 2.45) is 40.4 Å². The summed E-state index contributed by atoms with van der Waals surface area (Å²) in [5, 5.41) is 0. The molecule has 1 heterocycles. The molecule has 5 fully saturated rings. The summed E-state index contributed by atoms with van der Waals surface area (Å²) in [4.78, 5) is 54.1. The lowest BCUT2D eigenvalue weighted by molar-refractivity contribution is -0.225. The van der Waals surface area contributed by atoms with Crippen LogP contribution < -0.4 is 0 Å². The van der Waals surface area contributed by atoms with Crippen LogP contribution in [0.2, 0.25) is 0 Å². The first-order valence-electron chi connectivity index (χ1n) is 23.3. The van der Waals surface area contributed by atoms with E-state index in [2.05, 4.69) is 32.9 Å². The van der Waals surface area contributed by atoms with Gasteiger partial charge in [-0.25, -0.2) is 4.79 Å². The van der Waals surface area contributed by atoms with Crippen molar-refractivity contribution in [2.45, 2.75) is 206 Å². The summed E-state index contributed by atoms with van der Waals surface area (Å²) in [6.07, 6.45) is 32.4. The maximum absolute atomic E-state index is 14.6. The maximum Gasteiger partial charge on any atom is 0.349 e. The standard InChI is InChI=1S/C49H74O8/c1-6-7-8-9-10-11-12-13-14-15-16-17-18-19-23-26-42(51)54-40-33-48(5)39(38-28-27-36-31-37(50)29-30-47(36,4)43(38)40)32-41-49(48,46(53)56-44(52)34(2)3)57-45(55-41)35-24-21-20-22-25-35/h16-17,29-31,34-35,38-41,43,45H,6-15,18-28,32-33H2,1-5H3/b17-16+/t38-,39-,40-,41+,43+,45+,47-,48-,49-/m0/s1. The summed E-state index contributed by atoms with van der Waals surface area (Å²) >= 11 is 0. The van der Waals surface area contributed by atoms with Gasteiger partial charge >= 0.3 is 17.9 Å². The molecular formula is C49H74O8. The Labute approximate surface area is 343 Å². The van der Waals surface area contributed by atoms with E-state index in [0.29, 0.717) is 19.3 Å². The molecule has 0 amide bonds. The number of carbonyl (C=O) groups is 4. The van der Waals surface area contributed by atoms with Gasteiger partial charge in [0.2, 0.25) is 5.60 Å². The van der Waals surface area contributed by atoms with Crippen LogP contribution in [-0.4, -0.2) is 47.8 Å². The molecular weight excluding hydrogens is 717 g/mol. The third-order valence-corrected chi connectivity index (χ3v) is 15.2. The Kier molecular flexibility index (Phi) is 15.2. The van der Waals surface area contributed by atoms with Crippen LogP contribution in [0.3, 0.4) is 0 Å². The van der Waals surface area contributed by atoms with E-state index in [1.165, 1.54) is 64.2 Å². The van der Waals surface area contributed by atoms with Crippen LogP contribution in [0, 0.1) is 40.4 Å². The van der Waals surface area contributed by atoms with Gasteiger partial charge in [-0.2, -0.15) is 0 Å². The van der Waals surface area contributed by atoms with Gasteiger partial charge in [-0.15, -0.1) is 0 Å². The minimum absolute atomic E-state index is 0.000181. The fourth-order valence-electron chi connectivity index (χ4n) is 12.0. The number of hydrogen-bond donors (Lipinski definition) is 0. The highest BCUT2D eigenvalue weighted by atomic mass is 16.8. The summed E-state index contributed by atoms with van der Waals surface area (Å²) in [6, 6.07) is 0. The summed E-state index contributed by atoms with van der Waals surface area (Å²) in [7, 11) is 0. The van der Waals surface area contributed by atoms with E-state index < -0.39 is 52.8 Å². The third kappa shape index (κ3) is 9.42. The second-order valence-electron chi connectivity index (χ2n) is 19.4. The molecule has 0 aromatic carbocycles. The third-order valence-electron chi connectivity index (χ3n) is 15.2. The predicted molar refractivity (Wildman–Crippen MR) is 222 cm³/mol. The molecule has 4 saturated carbocycles. The molecule has 1 aliphatic heterocycles. The number of rotatable bonds is 19. The molecule has 0 spiro atoms. The van der Waals surface area contributed by atoms with Crippen molar-refractivity contribution in [2.75, 3.05) is 0 Å². The molecule has 9 atom stereocenters. The van der Waals surface area contributed by atoms with Crippen molar-refractivity contribution >= 4 is 23.7 Å². The monoisotopic (exact) mass is 791 g/mol. The number of carbonyl (C=O) groups excluding carboxylic acids is 4. The average molecular weight is 791 g/mol. The number of ketones is 1. The van der Waals surface area contributed by atoms with Gasteiger partial charge in [0.15, 0.2) is 12.1 Å². The Morgan fingerprint density at radius 1 is 0.895 bits per heavy atom. The van der Waals surface area contributed by atoms with Gasteiger partial charge in [-0.3, -0.25) is 14.4 Å². The summed E-state index contributed by atoms with van der Waals surface area (Å²) < 4.78 is 26.1. The normalized spacial score (nSPS) is 34.8. The molecule has 5 aliphatic carbocycles. The second-order valence-corrected chi connectivity index (χ2v) is 19.4. The van der Waals surface area contributed by atoms with Crippen LogP contribution in [-0.2, 0) is 38.1 Å². The zero-order chi connectivity index (χ0) is 40.6. The Morgan fingerprint density at radius 2 is 1.56 bits per heavy atom. The van der Waals surface area contributed by atoms with Gasteiger partial charge in [-0.05, 0) is 94.6 Å². The first-order valence-corrected chi connectivity index (χ1v) is 23.3. The highest BCUT2D eigenvalue weighted by molar-refractivity contribution is 6.01. The Morgan fingerprint density at radius 3 is 2.25 bits per heavy atom. The Hall–Kier alpha value is -2.58. The molecule has 0 aromatic rings. The molecule has 8 nitrogen and oxygen atoms in total. The van der Waals surface area contributed by atoms with E-state index in [9.17, 15) is 19.2 Å². The van der Waals surface area contributed by atoms with E-state index >= 15 is 0 Å². The highest BCUT2D eigenvalue weighted by Gasteiger charge is 2.78. The van der Waals surface area contributed by atoms with Crippen molar-refractivity contribution in [1.82, 2.24) is 0 Å². The van der Waals surface area contributed by atoms with Crippen LogP contribution in [0.4, 0.5) is 0 Å². The number of esters is 3. The molecule has 0 N–H and O–H groups in total. The number of ether oxygens (including phenoxy) is 4. The fraction of sp³-hybridized carbons (Fsp3) is 0.796. The minimum Gasteiger partial charge on any atom is -0.462 e. The van der Waals surface area contributed by atoms with Gasteiger partial charge < -0.3 is 18.9 Å². The molecule has 318 valence electrons. The molecule has 8 heteroatoms. The van der Waals surface area contributed by atoms with E-state index in [-0.39, 0.29) is 35.4 Å². The van der Waals surface area contributed by atoms with Gasteiger partial charge in [0.25, 0.3) is 0 Å². The number of fused-ring (bicyclic) bond motifs is 7. The average Bonchev–Trinajstić information content (AvgIpc) is 3.70. The number of unbranched alkanes of at least 4 members (excludes halogenated alkanes) is 11. The lowest BCUT2D eigenvalue weighted by Crippen LogP contribution is -2.64. The zero-order valence-corrected chi connectivity index (χ0v) is 36.0. The van der Waals surface area contributed by atoms with Crippen LogP contribution in [0.1, 0.15) is 182 Å². The number of hydrogen-bond acceptors (Lipinski definition) is 8. The molecule has 0 radical (unpaired) electrons. The van der Waals surface area contributed by atoms with Gasteiger partial charge in [0.05, 0.1) is 5.92 Å². The molecule has 6 aliphatic rings. The lowest BCUT2D eigenvalue weighted by atomic mass is 9.46. The quantitative estimate of drug-likeness (QED) is 0.0551. The molecule has 6 rings (SSSR count).